The maximum absolute atomic E-state index is 12.6. The molecule has 2 rings (SSSR count). The number of hydrogen-bond acceptors (Lipinski definition) is 4. The van der Waals surface area contributed by atoms with Gasteiger partial charge in [0, 0.05) is 15.7 Å². The molecule has 2 aromatic carbocycles. The zero-order valence-electron chi connectivity index (χ0n) is 13.0. The normalized spacial score (nSPS) is 11.1. The van der Waals surface area contributed by atoms with E-state index in [9.17, 15) is 13.2 Å². The third kappa shape index (κ3) is 4.27. The summed E-state index contributed by atoms with van der Waals surface area (Å²) in [4.78, 5) is 10.7. The van der Waals surface area contributed by atoms with Gasteiger partial charge >= 0.3 is 5.97 Å². The number of halogens is 1. The highest BCUT2D eigenvalue weighted by atomic mass is 79.9. The average Bonchev–Trinajstić information content (AvgIpc) is 2.45. The molecule has 128 valence electrons. The van der Waals surface area contributed by atoms with E-state index in [2.05, 4.69) is 20.7 Å². The summed E-state index contributed by atoms with van der Waals surface area (Å²) >= 11 is 3.29. The number of ether oxygens (including phenoxy) is 1. The third-order valence-electron chi connectivity index (χ3n) is 3.26. The number of carbonyl (C=O) groups is 1. The molecule has 8 heteroatoms. The van der Waals surface area contributed by atoms with Crippen LogP contribution in [-0.2, 0) is 14.8 Å². The van der Waals surface area contributed by atoms with Crippen LogP contribution >= 0.6 is 15.9 Å². The van der Waals surface area contributed by atoms with Crippen molar-refractivity contribution in [3.63, 3.8) is 0 Å². The lowest BCUT2D eigenvalue weighted by atomic mass is 10.1. The van der Waals surface area contributed by atoms with Crippen LogP contribution in [0, 0.1) is 13.8 Å². The number of sulfonamides is 1. The summed E-state index contributed by atoms with van der Waals surface area (Å²) < 4.78 is 33.8. The lowest BCUT2D eigenvalue weighted by molar-refractivity contribution is -0.139. The van der Waals surface area contributed by atoms with Gasteiger partial charge in [-0.25, -0.2) is 13.2 Å². The first-order chi connectivity index (χ1) is 11.2. The van der Waals surface area contributed by atoms with Crippen LogP contribution in [0.3, 0.4) is 0 Å². The van der Waals surface area contributed by atoms with Gasteiger partial charge < -0.3 is 9.84 Å². The molecule has 6 nitrogen and oxygen atoms in total. The number of rotatable bonds is 6. The Bertz CT molecular complexity index is 880. The van der Waals surface area contributed by atoms with Crippen molar-refractivity contribution in [3.8, 4) is 5.75 Å². The Morgan fingerprint density at radius 2 is 1.96 bits per heavy atom. The van der Waals surface area contributed by atoms with Crippen LogP contribution in [0.15, 0.2) is 45.8 Å². The second-order valence-corrected chi connectivity index (χ2v) is 7.70. The largest absolute Gasteiger partial charge is 0.481 e. The SMILES string of the molecule is Cc1ccc(S(=O)(=O)Nc2cccc(Br)c2)c(C)c1OCC(=O)O. The lowest BCUT2D eigenvalue weighted by Crippen LogP contribution is -2.16. The Hall–Kier alpha value is -2.06. The minimum Gasteiger partial charge on any atom is -0.481 e. The van der Waals surface area contributed by atoms with Crippen LogP contribution in [0.5, 0.6) is 5.75 Å². The van der Waals surface area contributed by atoms with Gasteiger partial charge in [-0.05, 0) is 43.7 Å². The second kappa shape index (κ2) is 7.23. The number of aliphatic carboxylic acids is 1. The first-order valence-electron chi connectivity index (χ1n) is 6.94. The molecule has 2 aromatic rings. The van der Waals surface area contributed by atoms with Gasteiger partial charge in [-0.15, -0.1) is 0 Å². The van der Waals surface area contributed by atoms with Crippen molar-refractivity contribution < 1.29 is 23.1 Å². The summed E-state index contributed by atoms with van der Waals surface area (Å²) in [5.74, 6) is -0.871. The van der Waals surface area contributed by atoms with Crippen molar-refractivity contribution in [2.24, 2.45) is 0 Å². The van der Waals surface area contributed by atoms with Crippen LogP contribution in [-0.4, -0.2) is 26.1 Å². The first kappa shape index (κ1) is 18.3. The van der Waals surface area contributed by atoms with Crippen LogP contribution in [0.4, 0.5) is 5.69 Å². The summed E-state index contributed by atoms with van der Waals surface area (Å²) in [5.41, 5.74) is 1.44. The Labute approximate surface area is 148 Å². The molecule has 0 atom stereocenters. The lowest BCUT2D eigenvalue weighted by Gasteiger charge is -2.15. The molecule has 0 unspecified atom stereocenters. The fourth-order valence-corrected chi connectivity index (χ4v) is 3.91. The molecule has 0 saturated carbocycles. The molecule has 0 aliphatic carbocycles. The summed E-state index contributed by atoms with van der Waals surface area (Å²) in [7, 11) is -3.84. The number of carboxylic acids is 1. The molecular formula is C16H16BrNO5S. The maximum Gasteiger partial charge on any atom is 0.341 e. The van der Waals surface area contributed by atoms with Crippen LogP contribution in [0.2, 0.25) is 0 Å². The minimum absolute atomic E-state index is 0.0356. The number of nitrogens with one attached hydrogen (secondary N) is 1. The zero-order chi connectivity index (χ0) is 17.9. The van der Waals surface area contributed by atoms with Crippen molar-refractivity contribution in [3.05, 3.63) is 52.0 Å². The molecule has 0 aliphatic rings. The molecule has 0 saturated heterocycles. The molecule has 0 aromatic heterocycles. The van der Waals surface area contributed by atoms with Gasteiger partial charge in [-0.1, -0.05) is 28.1 Å². The van der Waals surface area contributed by atoms with E-state index in [1.165, 1.54) is 6.07 Å². The van der Waals surface area contributed by atoms with Crippen molar-refractivity contribution in [1.82, 2.24) is 0 Å². The Balaban J connectivity index is 2.39. The average molecular weight is 414 g/mol. The Morgan fingerprint density at radius 1 is 1.25 bits per heavy atom. The molecule has 0 radical (unpaired) electrons. The number of anilines is 1. The van der Waals surface area contributed by atoms with E-state index in [1.807, 2.05) is 0 Å². The highest BCUT2D eigenvalue weighted by molar-refractivity contribution is 9.10. The van der Waals surface area contributed by atoms with Crippen molar-refractivity contribution >= 4 is 37.6 Å². The molecule has 0 aliphatic heterocycles. The Morgan fingerprint density at radius 3 is 2.58 bits per heavy atom. The van der Waals surface area contributed by atoms with E-state index in [0.29, 0.717) is 16.8 Å². The standard InChI is InChI=1S/C16H16BrNO5S/c1-10-6-7-14(11(2)16(10)23-9-15(19)20)24(21,22)18-13-5-3-4-12(17)8-13/h3-8,18H,9H2,1-2H3,(H,19,20). The highest BCUT2D eigenvalue weighted by Crippen LogP contribution is 2.30. The van der Waals surface area contributed by atoms with Gasteiger partial charge in [0.05, 0.1) is 4.90 Å². The number of carboxylic acid groups (broad SMARTS) is 1. The molecule has 0 spiro atoms. The Kier molecular flexibility index (Phi) is 5.51. The molecule has 0 fully saturated rings. The number of hydrogen-bond donors (Lipinski definition) is 2. The molecule has 2 N–H and O–H groups in total. The van der Waals surface area contributed by atoms with E-state index < -0.39 is 22.6 Å². The maximum atomic E-state index is 12.6. The van der Waals surface area contributed by atoms with Crippen LogP contribution in [0.1, 0.15) is 11.1 Å². The fraction of sp³-hybridized carbons (Fsp3) is 0.188. The van der Waals surface area contributed by atoms with Gasteiger partial charge in [0.15, 0.2) is 6.61 Å². The zero-order valence-corrected chi connectivity index (χ0v) is 15.4. The molecule has 0 heterocycles. The predicted molar refractivity (Wildman–Crippen MR) is 94.0 cm³/mol. The van der Waals surface area contributed by atoms with Gasteiger partial charge in [-0.2, -0.15) is 0 Å². The quantitative estimate of drug-likeness (QED) is 0.757. The third-order valence-corrected chi connectivity index (χ3v) is 5.28. The van der Waals surface area contributed by atoms with Crippen molar-refractivity contribution in [2.45, 2.75) is 18.7 Å². The van der Waals surface area contributed by atoms with Crippen molar-refractivity contribution in [1.29, 1.82) is 0 Å². The molecule has 0 bridgehead atoms. The monoisotopic (exact) mass is 413 g/mol. The molecular weight excluding hydrogens is 398 g/mol. The summed E-state index contributed by atoms with van der Waals surface area (Å²) in [6.45, 7) is 2.77. The number of benzene rings is 2. The summed E-state index contributed by atoms with van der Waals surface area (Å²) in [6, 6.07) is 9.83. The van der Waals surface area contributed by atoms with Crippen LogP contribution in [0.25, 0.3) is 0 Å². The van der Waals surface area contributed by atoms with E-state index in [-0.39, 0.29) is 10.6 Å². The minimum atomic E-state index is -3.84. The topological polar surface area (TPSA) is 92.7 Å². The number of aryl methyl sites for hydroxylation is 1. The molecule has 24 heavy (non-hydrogen) atoms. The van der Waals surface area contributed by atoms with Gasteiger partial charge in [0.2, 0.25) is 0 Å². The summed E-state index contributed by atoms with van der Waals surface area (Å²) in [6.07, 6.45) is 0. The summed E-state index contributed by atoms with van der Waals surface area (Å²) in [5, 5.41) is 8.75. The van der Waals surface area contributed by atoms with Crippen molar-refractivity contribution in [2.75, 3.05) is 11.3 Å². The van der Waals surface area contributed by atoms with Gasteiger partial charge in [0.1, 0.15) is 5.75 Å². The van der Waals surface area contributed by atoms with E-state index in [0.717, 1.165) is 4.47 Å². The van der Waals surface area contributed by atoms with E-state index >= 15 is 0 Å². The first-order valence-corrected chi connectivity index (χ1v) is 9.21. The van der Waals surface area contributed by atoms with Crippen LogP contribution < -0.4 is 9.46 Å². The highest BCUT2D eigenvalue weighted by Gasteiger charge is 2.21. The fourth-order valence-electron chi connectivity index (χ4n) is 2.22. The predicted octanol–water partition coefficient (Wildman–Crippen LogP) is 3.33. The van der Waals surface area contributed by atoms with E-state index in [4.69, 9.17) is 9.84 Å². The van der Waals surface area contributed by atoms with Gasteiger partial charge in [-0.3, -0.25) is 4.72 Å². The molecule has 0 amide bonds. The van der Waals surface area contributed by atoms with Gasteiger partial charge in [0.25, 0.3) is 10.0 Å². The second-order valence-electron chi connectivity index (χ2n) is 5.13. The van der Waals surface area contributed by atoms with E-state index in [1.54, 1.807) is 44.2 Å². The smallest absolute Gasteiger partial charge is 0.341 e.